The molecule has 0 saturated heterocycles. The molecular weight excluding hydrogens is 323 g/mol. The molecule has 0 saturated carbocycles. The highest BCUT2D eigenvalue weighted by molar-refractivity contribution is 5.96. The zero-order valence-corrected chi connectivity index (χ0v) is 13.7. The number of aromatic nitrogens is 1. The molecule has 0 aliphatic heterocycles. The summed E-state index contributed by atoms with van der Waals surface area (Å²) < 4.78 is 23.7. The molecule has 1 heterocycles. The van der Waals surface area contributed by atoms with E-state index >= 15 is 0 Å². The first kappa shape index (κ1) is 16.7. The summed E-state index contributed by atoms with van der Waals surface area (Å²) in [7, 11) is 0. The molecule has 0 bridgehead atoms. The van der Waals surface area contributed by atoms with Crippen molar-refractivity contribution in [3.8, 4) is 17.1 Å². The molecular formula is C19H17FN2O3. The van der Waals surface area contributed by atoms with Gasteiger partial charge in [-0.25, -0.2) is 4.39 Å². The quantitative estimate of drug-likeness (QED) is 0.741. The summed E-state index contributed by atoms with van der Waals surface area (Å²) in [6.45, 7) is 2.56. The van der Waals surface area contributed by atoms with Gasteiger partial charge in [-0.1, -0.05) is 17.3 Å². The SMILES string of the molecule is CCOc1ccccc1C(=O)NCc1cc(-c2ccc(F)cc2)on1. The zero-order valence-electron chi connectivity index (χ0n) is 13.7. The molecule has 2 aromatic carbocycles. The fourth-order valence-electron chi connectivity index (χ4n) is 2.35. The molecule has 0 spiro atoms. The average molecular weight is 340 g/mol. The Labute approximate surface area is 144 Å². The van der Waals surface area contributed by atoms with Crippen molar-refractivity contribution in [3.63, 3.8) is 0 Å². The summed E-state index contributed by atoms with van der Waals surface area (Å²) in [6.07, 6.45) is 0. The van der Waals surface area contributed by atoms with E-state index < -0.39 is 0 Å². The van der Waals surface area contributed by atoms with Crippen LogP contribution >= 0.6 is 0 Å². The second-order valence-electron chi connectivity index (χ2n) is 5.30. The molecule has 0 fully saturated rings. The average Bonchev–Trinajstić information content (AvgIpc) is 3.10. The lowest BCUT2D eigenvalue weighted by Crippen LogP contribution is -2.23. The van der Waals surface area contributed by atoms with Gasteiger partial charge in [0.05, 0.1) is 18.7 Å². The fourth-order valence-corrected chi connectivity index (χ4v) is 2.35. The zero-order chi connectivity index (χ0) is 17.6. The Morgan fingerprint density at radius 2 is 1.96 bits per heavy atom. The number of rotatable bonds is 6. The van der Waals surface area contributed by atoms with Crippen LogP contribution in [-0.2, 0) is 6.54 Å². The van der Waals surface area contributed by atoms with E-state index in [4.69, 9.17) is 9.26 Å². The third-order valence-corrected chi connectivity index (χ3v) is 3.55. The summed E-state index contributed by atoms with van der Waals surface area (Å²) in [4.78, 5) is 12.3. The number of nitrogens with zero attached hydrogens (tertiary/aromatic N) is 1. The first-order valence-electron chi connectivity index (χ1n) is 7.89. The minimum absolute atomic E-state index is 0.212. The standard InChI is InChI=1S/C19H17FN2O3/c1-2-24-17-6-4-3-5-16(17)19(23)21-12-15-11-18(25-22-15)13-7-9-14(20)10-8-13/h3-11H,2,12H2,1H3,(H,21,23). The van der Waals surface area contributed by atoms with Crippen molar-refractivity contribution >= 4 is 5.91 Å². The van der Waals surface area contributed by atoms with Gasteiger partial charge in [0.1, 0.15) is 17.3 Å². The molecule has 5 nitrogen and oxygen atoms in total. The number of carbonyl (C=O) groups is 1. The molecule has 3 rings (SSSR count). The maximum atomic E-state index is 13.0. The summed E-state index contributed by atoms with van der Waals surface area (Å²) >= 11 is 0. The van der Waals surface area contributed by atoms with Gasteiger partial charge in [-0.15, -0.1) is 0 Å². The number of hydrogen-bond donors (Lipinski definition) is 1. The van der Waals surface area contributed by atoms with Crippen molar-refractivity contribution in [1.82, 2.24) is 10.5 Å². The number of hydrogen-bond acceptors (Lipinski definition) is 4. The molecule has 1 N–H and O–H groups in total. The van der Waals surface area contributed by atoms with E-state index in [9.17, 15) is 9.18 Å². The highest BCUT2D eigenvalue weighted by Gasteiger charge is 2.13. The van der Waals surface area contributed by atoms with Gasteiger partial charge in [0.15, 0.2) is 5.76 Å². The lowest BCUT2D eigenvalue weighted by molar-refractivity contribution is 0.0946. The Bertz CT molecular complexity index is 859. The van der Waals surface area contributed by atoms with Crippen LogP contribution in [0.25, 0.3) is 11.3 Å². The normalized spacial score (nSPS) is 10.5. The largest absolute Gasteiger partial charge is 0.493 e. The molecule has 1 amide bonds. The van der Waals surface area contributed by atoms with Crippen molar-refractivity contribution in [1.29, 1.82) is 0 Å². The maximum Gasteiger partial charge on any atom is 0.255 e. The number of ether oxygens (including phenoxy) is 1. The van der Waals surface area contributed by atoms with Gasteiger partial charge in [-0.2, -0.15) is 0 Å². The van der Waals surface area contributed by atoms with Crippen LogP contribution in [0.1, 0.15) is 23.0 Å². The molecule has 128 valence electrons. The van der Waals surface area contributed by atoms with E-state index in [1.165, 1.54) is 12.1 Å². The number of halogens is 1. The lowest BCUT2D eigenvalue weighted by atomic mass is 10.1. The Morgan fingerprint density at radius 1 is 1.20 bits per heavy atom. The molecule has 1 aromatic heterocycles. The Balaban J connectivity index is 1.66. The van der Waals surface area contributed by atoms with E-state index in [-0.39, 0.29) is 18.3 Å². The molecule has 0 radical (unpaired) electrons. The predicted octanol–water partition coefficient (Wildman–Crippen LogP) is 3.81. The van der Waals surface area contributed by atoms with Crippen LogP contribution in [0.5, 0.6) is 5.75 Å². The van der Waals surface area contributed by atoms with E-state index in [2.05, 4.69) is 10.5 Å². The molecule has 3 aromatic rings. The van der Waals surface area contributed by atoms with Gasteiger partial charge in [0.25, 0.3) is 5.91 Å². The predicted molar refractivity (Wildman–Crippen MR) is 90.7 cm³/mol. The number of amides is 1. The monoisotopic (exact) mass is 340 g/mol. The minimum Gasteiger partial charge on any atom is -0.493 e. The van der Waals surface area contributed by atoms with Gasteiger partial charge >= 0.3 is 0 Å². The van der Waals surface area contributed by atoms with Gasteiger partial charge < -0.3 is 14.6 Å². The summed E-state index contributed by atoms with van der Waals surface area (Å²) in [6, 6.07) is 14.7. The molecule has 0 aliphatic rings. The second-order valence-corrected chi connectivity index (χ2v) is 5.30. The van der Waals surface area contributed by atoms with E-state index in [1.807, 2.05) is 13.0 Å². The van der Waals surface area contributed by atoms with Crippen LogP contribution in [0.2, 0.25) is 0 Å². The summed E-state index contributed by atoms with van der Waals surface area (Å²) in [5.74, 6) is 0.479. The minimum atomic E-state index is -0.316. The Morgan fingerprint density at radius 3 is 2.72 bits per heavy atom. The highest BCUT2D eigenvalue weighted by Crippen LogP contribution is 2.21. The molecule has 25 heavy (non-hydrogen) atoms. The van der Waals surface area contributed by atoms with Crippen LogP contribution in [0.15, 0.2) is 59.1 Å². The topological polar surface area (TPSA) is 64.4 Å². The van der Waals surface area contributed by atoms with Gasteiger partial charge in [0, 0.05) is 11.6 Å². The lowest BCUT2D eigenvalue weighted by Gasteiger charge is -2.09. The van der Waals surface area contributed by atoms with Crippen LogP contribution in [-0.4, -0.2) is 17.7 Å². The summed E-state index contributed by atoms with van der Waals surface area (Å²) in [5.41, 5.74) is 1.75. The van der Waals surface area contributed by atoms with Crippen molar-refractivity contribution < 1.29 is 18.4 Å². The van der Waals surface area contributed by atoms with Crippen LogP contribution < -0.4 is 10.1 Å². The third kappa shape index (κ3) is 4.03. The van der Waals surface area contributed by atoms with Crippen LogP contribution in [0.3, 0.4) is 0 Å². The van der Waals surface area contributed by atoms with Crippen molar-refractivity contribution in [3.05, 3.63) is 71.7 Å². The highest BCUT2D eigenvalue weighted by atomic mass is 19.1. The molecule has 0 unspecified atom stereocenters. The molecule has 0 atom stereocenters. The number of para-hydroxylation sites is 1. The van der Waals surface area contributed by atoms with Crippen molar-refractivity contribution in [2.24, 2.45) is 0 Å². The Hall–Kier alpha value is -3.15. The van der Waals surface area contributed by atoms with Crippen LogP contribution in [0.4, 0.5) is 4.39 Å². The smallest absolute Gasteiger partial charge is 0.255 e. The third-order valence-electron chi connectivity index (χ3n) is 3.55. The first-order chi connectivity index (χ1) is 12.2. The van der Waals surface area contributed by atoms with E-state index in [0.717, 1.165) is 0 Å². The van der Waals surface area contributed by atoms with Gasteiger partial charge in [0.2, 0.25) is 0 Å². The molecule has 6 heteroatoms. The number of carbonyl (C=O) groups excluding carboxylic acids is 1. The van der Waals surface area contributed by atoms with Crippen molar-refractivity contribution in [2.75, 3.05) is 6.61 Å². The van der Waals surface area contributed by atoms with Crippen LogP contribution in [0, 0.1) is 5.82 Å². The van der Waals surface area contributed by atoms with Crippen molar-refractivity contribution in [2.45, 2.75) is 13.5 Å². The number of nitrogens with one attached hydrogen (secondary N) is 1. The molecule has 0 aliphatic carbocycles. The number of benzene rings is 2. The maximum absolute atomic E-state index is 13.0. The summed E-state index contributed by atoms with van der Waals surface area (Å²) in [5, 5.41) is 6.71. The second kappa shape index (κ2) is 7.61. The fraction of sp³-hybridized carbons (Fsp3) is 0.158. The van der Waals surface area contributed by atoms with Gasteiger partial charge in [-0.3, -0.25) is 4.79 Å². The first-order valence-corrected chi connectivity index (χ1v) is 7.89. The van der Waals surface area contributed by atoms with E-state index in [1.54, 1.807) is 36.4 Å². The van der Waals surface area contributed by atoms with E-state index in [0.29, 0.717) is 34.9 Å². The Kier molecular flexibility index (Phi) is 5.09. The van der Waals surface area contributed by atoms with Gasteiger partial charge in [-0.05, 0) is 43.3 Å².